The van der Waals surface area contributed by atoms with E-state index in [0.717, 1.165) is 11.1 Å². The Morgan fingerprint density at radius 2 is 1.70 bits per heavy atom. The number of amides is 3. The Balaban J connectivity index is 1.25. The fraction of sp³-hybridized carbons (Fsp3) is 0.364. The van der Waals surface area contributed by atoms with E-state index in [-0.39, 0.29) is 24.0 Å². The van der Waals surface area contributed by atoms with Crippen molar-refractivity contribution in [3.8, 4) is 16.9 Å². The minimum atomic E-state index is -0.703. The summed E-state index contributed by atoms with van der Waals surface area (Å²) in [6.07, 6.45) is 0.642. The monoisotopic (exact) mass is 607 g/mol. The van der Waals surface area contributed by atoms with Crippen LogP contribution in [-0.2, 0) is 9.59 Å². The number of nitrogens with zero attached hydrogens (tertiary/aromatic N) is 2. The van der Waals surface area contributed by atoms with Gasteiger partial charge in [-0.3, -0.25) is 14.4 Å². The summed E-state index contributed by atoms with van der Waals surface area (Å²) in [7, 11) is 1.50. The first kappa shape index (κ1) is 30.5. The molecule has 5 rings (SSSR count). The lowest BCUT2D eigenvalue weighted by Crippen LogP contribution is -2.59. The first-order chi connectivity index (χ1) is 20.5. The highest BCUT2D eigenvalue weighted by atomic mass is 35.5. The number of hydrogen-bond acceptors (Lipinski definition) is 5. The van der Waals surface area contributed by atoms with E-state index < -0.39 is 29.2 Å². The van der Waals surface area contributed by atoms with Gasteiger partial charge in [-0.05, 0) is 80.1 Å². The predicted molar refractivity (Wildman–Crippen MR) is 163 cm³/mol. The molecular weight excluding hydrogens is 573 g/mol. The molecule has 2 fully saturated rings. The third-order valence-electron chi connectivity index (χ3n) is 8.80. The third-order valence-corrected chi connectivity index (χ3v) is 9.12. The quantitative estimate of drug-likeness (QED) is 0.396. The minimum absolute atomic E-state index is 0.235. The van der Waals surface area contributed by atoms with Crippen LogP contribution in [0, 0.1) is 25.1 Å². The van der Waals surface area contributed by atoms with Gasteiger partial charge in [-0.15, -0.1) is 0 Å². The van der Waals surface area contributed by atoms with E-state index >= 15 is 0 Å². The third kappa shape index (κ3) is 6.10. The maximum Gasteiger partial charge on any atom is 0.313 e. The molecule has 10 heteroatoms. The van der Waals surface area contributed by atoms with Gasteiger partial charge < -0.3 is 25.0 Å². The number of halogens is 2. The number of likely N-dealkylation sites (tertiary alicyclic amines) is 2. The molecule has 0 radical (unpaired) electrons. The number of aryl methyl sites for hydroxylation is 2. The minimum Gasteiger partial charge on any atom is -0.496 e. The number of benzene rings is 3. The summed E-state index contributed by atoms with van der Waals surface area (Å²) in [5.41, 5.74) is 3.20. The van der Waals surface area contributed by atoms with Crippen molar-refractivity contribution in [3.63, 3.8) is 0 Å². The van der Waals surface area contributed by atoms with Crippen LogP contribution in [0.25, 0.3) is 11.1 Å². The first-order valence-corrected chi connectivity index (χ1v) is 14.7. The number of hydrogen-bond donors (Lipinski definition) is 2. The van der Waals surface area contributed by atoms with Crippen molar-refractivity contribution in [2.75, 3.05) is 38.6 Å². The van der Waals surface area contributed by atoms with Crippen LogP contribution in [0.15, 0.2) is 54.6 Å². The van der Waals surface area contributed by atoms with E-state index in [1.54, 1.807) is 23.1 Å². The van der Waals surface area contributed by atoms with Gasteiger partial charge in [0.2, 0.25) is 0 Å². The van der Waals surface area contributed by atoms with E-state index in [1.165, 1.54) is 30.2 Å². The molecule has 1 atom stereocenters. The smallest absolute Gasteiger partial charge is 0.313 e. The van der Waals surface area contributed by atoms with Gasteiger partial charge in [0.15, 0.2) is 0 Å². The second-order valence-corrected chi connectivity index (χ2v) is 11.9. The number of nitrogens with one attached hydrogen (secondary N) is 1. The molecule has 226 valence electrons. The fourth-order valence-electron chi connectivity index (χ4n) is 6.22. The number of rotatable bonds is 4. The topological polar surface area (TPSA) is 99.2 Å². The van der Waals surface area contributed by atoms with Crippen molar-refractivity contribution < 1.29 is 28.6 Å². The van der Waals surface area contributed by atoms with Crippen LogP contribution in [0.2, 0.25) is 5.02 Å². The molecule has 1 unspecified atom stereocenters. The van der Waals surface area contributed by atoms with Crippen LogP contribution in [-0.4, -0.2) is 72.0 Å². The van der Waals surface area contributed by atoms with Crippen LogP contribution in [0.3, 0.4) is 0 Å². The average Bonchev–Trinajstić information content (AvgIpc) is 3.00. The number of aliphatic hydroxyl groups is 1. The Morgan fingerprint density at radius 1 is 1.00 bits per heavy atom. The molecule has 0 saturated carbocycles. The Kier molecular flexibility index (Phi) is 8.76. The van der Waals surface area contributed by atoms with Gasteiger partial charge in [-0.2, -0.15) is 0 Å². The van der Waals surface area contributed by atoms with Crippen LogP contribution in [0.4, 0.5) is 10.1 Å². The molecule has 2 aliphatic rings. The van der Waals surface area contributed by atoms with Crippen LogP contribution >= 0.6 is 11.6 Å². The number of carbonyl (C=O) groups excluding carboxylic acids is 3. The van der Waals surface area contributed by atoms with Gasteiger partial charge in [0, 0.05) is 42.8 Å². The first-order valence-electron chi connectivity index (χ1n) is 14.3. The Hall–Kier alpha value is -3.95. The van der Waals surface area contributed by atoms with Crippen molar-refractivity contribution in [1.82, 2.24) is 9.80 Å². The van der Waals surface area contributed by atoms with Crippen molar-refractivity contribution in [2.45, 2.75) is 39.2 Å². The zero-order valence-electron chi connectivity index (χ0n) is 24.5. The number of ether oxygens (including phenoxy) is 1. The molecule has 2 N–H and O–H groups in total. The fourth-order valence-corrected chi connectivity index (χ4v) is 6.48. The van der Waals surface area contributed by atoms with E-state index in [0.29, 0.717) is 60.5 Å². The normalized spacial score (nSPS) is 18.0. The largest absolute Gasteiger partial charge is 0.496 e. The van der Waals surface area contributed by atoms with Gasteiger partial charge in [0.1, 0.15) is 11.6 Å². The Morgan fingerprint density at radius 3 is 2.35 bits per heavy atom. The summed E-state index contributed by atoms with van der Waals surface area (Å²) >= 11 is 6.55. The molecule has 3 aromatic carbocycles. The van der Waals surface area contributed by atoms with Gasteiger partial charge >= 0.3 is 11.8 Å². The molecule has 8 nitrogen and oxygen atoms in total. The van der Waals surface area contributed by atoms with E-state index in [9.17, 15) is 23.9 Å². The molecule has 0 aromatic heterocycles. The highest BCUT2D eigenvalue weighted by molar-refractivity contribution is 6.39. The van der Waals surface area contributed by atoms with Crippen molar-refractivity contribution in [3.05, 3.63) is 82.1 Å². The molecule has 3 aromatic rings. The maximum atomic E-state index is 13.9. The van der Waals surface area contributed by atoms with Gasteiger partial charge in [-0.25, -0.2) is 4.39 Å². The molecule has 0 aliphatic carbocycles. The standard InChI is InChI=1S/C33H35ClFN3O5/c1-20-5-4-6-21(2)29(20)36-30(40)32(42)38-14-11-28(39)33(19-38)12-15-37(16-13-33)31(41)24-9-7-22(17-26(24)34)25-18-23(35)8-10-27(25)43-3/h4-10,17-18,28,39H,11-16,19H2,1-3H3,(H,36,40). The van der Waals surface area contributed by atoms with Crippen LogP contribution in [0.5, 0.6) is 5.75 Å². The summed E-state index contributed by atoms with van der Waals surface area (Å²) < 4.78 is 19.3. The number of para-hydroxylation sites is 1. The summed E-state index contributed by atoms with van der Waals surface area (Å²) in [5.74, 6) is -1.51. The molecule has 2 saturated heterocycles. The molecule has 0 bridgehead atoms. The predicted octanol–water partition coefficient (Wildman–Crippen LogP) is 5.23. The van der Waals surface area contributed by atoms with Gasteiger partial charge in [-0.1, -0.05) is 35.9 Å². The Bertz CT molecular complexity index is 1550. The van der Waals surface area contributed by atoms with Gasteiger partial charge in [0.25, 0.3) is 5.91 Å². The van der Waals surface area contributed by atoms with Crippen molar-refractivity contribution in [1.29, 1.82) is 0 Å². The number of piperidine rings is 2. The highest BCUT2D eigenvalue weighted by Gasteiger charge is 2.47. The van der Waals surface area contributed by atoms with E-state index in [1.807, 2.05) is 32.0 Å². The number of aliphatic hydroxyl groups excluding tert-OH is 1. The van der Waals surface area contributed by atoms with Gasteiger partial charge in [0.05, 0.1) is 23.8 Å². The lowest BCUT2D eigenvalue weighted by atomic mass is 9.70. The zero-order valence-corrected chi connectivity index (χ0v) is 25.2. The lowest BCUT2D eigenvalue weighted by Gasteiger charge is -2.50. The van der Waals surface area contributed by atoms with Crippen LogP contribution < -0.4 is 10.1 Å². The molecule has 43 heavy (non-hydrogen) atoms. The maximum absolute atomic E-state index is 13.9. The summed E-state index contributed by atoms with van der Waals surface area (Å²) in [6.45, 7) is 4.99. The molecular formula is C33H35ClFN3O5. The lowest BCUT2D eigenvalue weighted by molar-refractivity contribution is -0.150. The summed E-state index contributed by atoms with van der Waals surface area (Å²) in [5, 5.41) is 14.0. The van der Waals surface area contributed by atoms with E-state index in [4.69, 9.17) is 16.3 Å². The van der Waals surface area contributed by atoms with E-state index in [2.05, 4.69) is 5.32 Å². The average molecular weight is 608 g/mol. The molecule has 2 aliphatic heterocycles. The molecule has 2 heterocycles. The highest BCUT2D eigenvalue weighted by Crippen LogP contribution is 2.41. The van der Waals surface area contributed by atoms with Crippen molar-refractivity contribution >= 4 is 35.0 Å². The number of methoxy groups -OCH3 is 1. The summed E-state index contributed by atoms with van der Waals surface area (Å²) in [4.78, 5) is 42.7. The van der Waals surface area contributed by atoms with Crippen molar-refractivity contribution in [2.24, 2.45) is 5.41 Å². The molecule has 3 amide bonds. The number of carbonyl (C=O) groups is 3. The second-order valence-electron chi connectivity index (χ2n) is 11.4. The number of anilines is 1. The van der Waals surface area contributed by atoms with Crippen LogP contribution in [0.1, 0.15) is 40.7 Å². The Labute approximate surface area is 255 Å². The zero-order chi connectivity index (χ0) is 30.9. The second kappa shape index (κ2) is 12.3. The molecule has 1 spiro atoms. The summed E-state index contributed by atoms with van der Waals surface area (Å²) in [6, 6.07) is 14.8. The SMILES string of the molecule is COc1ccc(F)cc1-c1ccc(C(=O)N2CCC3(CC2)CN(C(=O)C(=O)Nc2c(C)cccc2C)CCC3O)c(Cl)c1.